The first kappa shape index (κ1) is 22.2. The topological polar surface area (TPSA) is 27.7 Å². The van der Waals surface area contributed by atoms with Crippen molar-refractivity contribution in [2.45, 2.75) is 113 Å². The van der Waals surface area contributed by atoms with E-state index in [9.17, 15) is 0 Å². The molecule has 3 nitrogen and oxygen atoms in total. The molecule has 0 aromatic carbocycles. The van der Waals surface area contributed by atoms with Crippen molar-refractivity contribution in [1.29, 1.82) is 0 Å². The van der Waals surface area contributed by atoms with E-state index in [-0.39, 0.29) is 23.9 Å². The number of rotatable bonds is 5. The molecule has 2 aliphatic rings. The third-order valence-corrected chi connectivity index (χ3v) is 7.43. The minimum Gasteiger partial charge on any atom is -0.349 e. The third kappa shape index (κ3) is 4.31. The van der Waals surface area contributed by atoms with Gasteiger partial charge < -0.3 is 14.2 Å². The average Bonchev–Trinajstić information content (AvgIpc) is 2.81. The van der Waals surface area contributed by atoms with Gasteiger partial charge in [-0.3, -0.25) is 0 Å². The van der Waals surface area contributed by atoms with Crippen LogP contribution in [-0.4, -0.2) is 24.3 Å². The van der Waals surface area contributed by atoms with Crippen LogP contribution in [0.15, 0.2) is 0 Å². The molecule has 0 aromatic heterocycles. The van der Waals surface area contributed by atoms with Gasteiger partial charge in [-0.15, -0.1) is 0 Å². The molecule has 9 atom stereocenters. The minimum atomic E-state index is -0.508. The first-order valence-electron chi connectivity index (χ1n) is 11.0. The van der Waals surface area contributed by atoms with E-state index in [2.05, 4.69) is 69.2 Å². The molecule has 3 heteroatoms. The molecule has 154 valence electrons. The Bertz CT molecular complexity index is 457. The zero-order valence-corrected chi connectivity index (χ0v) is 19.0. The van der Waals surface area contributed by atoms with Crippen LogP contribution in [0, 0.1) is 35.0 Å². The van der Waals surface area contributed by atoms with E-state index in [1.807, 2.05) is 0 Å². The Morgan fingerprint density at radius 2 is 1.46 bits per heavy atom. The molecule has 0 N–H and O–H groups in total. The Kier molecular flexibility index (Phi) is 6.90. The Balaban J connectivity index is 2.20. The number of hydrogen-bond acceptors (Lipinski definition) is 3. The lowest BCUT2D eigenvalue weighted by molar-refractivity contribution is -0.355. The molecule has 0 radical (unpaired) electrons. The summed E-state index contributed by atoms with van der Waals surface area (Å²) in [5, 5.41) is 0. The molecule has 0 saturated carbocycles. The van der Waals surface area contributed by atoms with Crippen LogP contribution in [0.2, 0.25) is 0 Å². The van der Waals surface area contributed by atoms with Crippen molar-refractivity contribution in [1.82, 2.24) is 0 Å². The van der Waals surface area contributed by atoms with Gasteiger partial charge in [0, 0.05) is 11.8 Å². The Morgan fingerprint density at radius 3 is 1.92 bits per heavy atom. The van der Waals surface area contributed by atoms with Crippen LogP contribution in [0.5, 0.6) is 0 Å². The molecule has 26 heavy (non-hydrogen) atoms. The summed E-state index contributed by atoms with van der Waals surface area (Å²) in [5.41, 5.74) is 0.255. The van der Waals surface area contributed by atoms with E-state index in [1.165, 1.54) is 0 Å². The van der Waals surface area contributed by atoms with Crippen LogP contribution in [0.1, 0.15) is 88.5 Å². The Morgan fingerprint density at radius 1 is 0.846 bits per heavy atom. The molecule has 0 aromatic rings. The van der Waals surface area contributed by atoms with Crippen molar-refractivity contribution in [3.63, 3.8) is 0 Å². The summed E-state index contributed by atoms with van der Waals surface area (Å²) in [5.74, 6) is 1.88. The van der Waals surface area contributed by atoms with Crippen molar-refractivity contribution in [3.8, 4) is 0 Å². The maximum absolute atomic E-state index is 6.74. The summed E-state index contributed by atoms with van der Waals surface area (Å²) in [6, 6.07) is 0. The van der Waals surface area contributed by atoms with Gasteiger partial charge in [-0.05, 0) is 42.4 Å². The van der Waals surface area contributed by atoms with Crippen molar-refractivity contribution < 1.29 is 14.2 Å². The van der Waals surface area contributed by atoms with Gasteiger partial charge in [-0.25, -0.2) is 0 Å². The SMILES string of the molecule is CCC1OC(CC)(OC2OC(CC(C)(C)C)C(C)C(C)C2C)C(C)C1C. The van der Waals surface area contributed by atoms with E-state index in [1.54, 1.807) is 0 Å². The zero-order chi connectivity index (χ0) is 19.9. The molecule has 2 heterocycles. The lowest BCUT2D eigenvalue weighted by Gasteiger charge is -2.48. The normalized spacial score (nSPS) is 47.3. The van der Waals surface area contributed by atoms with Gasteiger partial charge in [-0.2, -0.15) is 0 Å². The average molecular weight is 369 g/mol. The largest absolute Gasteiger partial charge is 0.349 e. The first-order chi connectivity index (χ1) is 12.0. The fourth-order valence-corrected chi connectivity index (χ4v) is 4.93. The van der Waals surface area contributed by atoms with Crippen LogP contribution < -0.4 is 0 Å². The molecule has 0 bridgehead atoms. The summed E-state index contributed by atoms with van der Waals surface area (Å²) in [6.07, 6.45) is 3.32. The lowest BCUT2D eigenvalue weighted by atomic mass is 9.74. The fourth-order valence-electron chi connectivity index (χ4n) is 4.93. The smallest absolute Gasteiger partial charge is 0.174 e. The van der Waals surface area contributed by atoms with Crippen LogP contribution in [0.3, 0.4) is 0 Å². The molecule has 2 saturated heterocycles. The summed E-state index contributed by atoms with van der Waals surface area (Å²) < 4.78 is 19.9. The van der Waals surface area contributed by atoms with Gasteiger partial charge in [0.25, 0.3) is 0 Å². The summed E-state index contributed by atoms with van der Waals surface area (Å²) in [4.78, 5) is 0. The zero-order valence-electron chi connectivity index (χ0n) is 19.0. The van der Waals surface area contributed by atoms with Gasteiger partial charge in [0.15, 0.2) is 12.1 Å². The molecular formula is C23H44O3. The Labute approximate surface area is 162 Å². The highest BCUT2D eigenvalue weighted by Crippen LogP contribution is 2.48. The summed E-state index contributed by atoms with van der Waals surface area (Å²) in [6.45, 7) is 22.9. The lowest BCUT2D eigenvalue weighted by Crippen LogP contribution is -2.52. The molecule has 2 rings (SSSR count). The Hall–Kier alpha value is -0.120. The predicted octanol–water partition coefficient (Wildman–Crippen LogP) is 6.26. The van der Waals surface area contributed by atoms with Crippen LogP contribution in [0.4, 0.5) is 0 Å². The van der Waals surface area contributed by atoms with Crippen molar-refractivity contribution in [3.05, 3.63) is 0 Å². The van der Waals surface area contributed by atoms with Gasteiger partial charge in [0.05, 0.1) is 12.2 Å². The molecular weight excluding hydrogens is 324 g/mol. The quantitative estimate of drug-likeness (QED) is 0.573. The number of hydrogen-bond donors (Lipinski definition) is 0. The van der Waals surface area contributed by atoms with Gasteiger partial charge in [-0.1, -0.05) is 69.2 Å². The van der Waals surface area contributed by atoms with E-state index < -0.39 is 5.79 Å². The third-order valence-electron chi connectivity index (χ3n) is 7.43. The standard InChI is InChI=1S/C23H44O3/c1-11-19-17(6)18(7)23(12-2,25-19)26-21-16(5)14(3)15(4)20(24-21)13-22(8,9)10/h14-21H,11-13H2,1-10H3. The monoisotopic (exact) mass is 368 g/mol. The highest BCUT2D eigenvalue weighted by atomic mass is 16.8. The second kappa shape index (κ2) is 8.09. The second-order valence-electron chi connectivity index (χ2n) is 10.4. The van der Waals surface area contributed by atoms with Crippen LogP contribution in [0.25, 0.3) is 0 Å². The molecule has 0 spiro atoms. The molecule has 0 amide bonds. The van der Waals surface area contributed by atoms with E-state index >= 15 is 0 Å². The minimum absolute atomic E-state index is 0.182. The van der Waals surface area contributed by atoms with E-state index in [0.717, 1.165) is 19.3 Å². The van der Waals surface area contributed by atoms with Gasteiger partial charge >= 0.3 is 0 Å². The fraction of sp³-hybridized carbons (Fsp3) is 1.00. The summed E-state index contributed by atoms with van der Waals surface area (Å²) in [7, 11) is 0. The van der Waals surface area contributed by atoms with Gasteiger partial charge in [0.1, 0.15) is 0 Å². The number of ether oxygens (including phenoxy) is 3. The molecule has 2 fully saturated rings. The van der Waals surface area contributed by atoms with Crippen molar-refractivity contribution in [2.24, 2.45) is 35.0 Å². The van der Waals surface area contributed by atoms with Crippen LogP contribution >= 0.6 is 0 Å². The highest BCUT2D eigenvalue weighted by Gasteiger charge is 2.53. The maximum atomic E-state index is 6.74. The van der Waals surface area contributed by atoms with Crippen molar-refractivity contribution >= 4 is 0 Å². The predicted molar refractivity (Wildman–Crippen MR) is 108 cm³/mol. The maximum Gasteiger partial charge on any atom is 0.174 e. The van der Waals surface area contributed by atoms with E-state index in [0.29, 0.717) is 29.6 Å². The van der Waals surface area contributed by atoms with Crippen molar-refractivity contribution in [2.75, 3.05) is 0 Å². The summed E-state index contributed by atoms with van der Waals surface area (Å²) >= 11 is 0. The molecule has 9 unspecified atom stereocenters. The highest BCUT2D eigenvalue weighted by molar-refractivity contribution is 4.93. The first-order valence-corrected chi connectivity index (χ1v) is 11.0. The second-order valence-corrected chi connectivity index (χ2v) is 10.4. The van der Waals surface area contributed by atoms with E-state index in [4.69, 9.17) is 14.2 Å². The van der Waals surface area contributed by atoms with Crippen LogP contribution in [-0.2, 0) is 14.2 Å². The molecule has 2 aliphatic heterocycles. The molecule has 0 aliphatic carbocycles. The van der Waals surface area contributed by atoms with Gasteiger partial charge in [0.2, 0.25) is 0 Å².